The molecular formula is C13H16N4O3S2. The maximum Gasteiger partial charge on any atom is 0.340 e. The van der Waals surface area contributed by atoms with E-state index in [4.69, 9.17) is 0 Å². The molecule has 2 heterocycles. The molecule has 0 fully saturated rings. The molecular weight excluding hydrogens is 324 g/mol. The molecule has 1 amide bonds. The molecule has 0 spiro atoms. The number of aromatic nitrogens is 3. The average molecular weight is 340 g/mol. The number of rotatable bonds is 6. The highest BCUT2D eigenvalue weighted by atomic mass is 32.2. The summed E-state index contributed by atoms with van der Waals surface area (Å²) >= 11 is 2.59. The quantitative estimate of drug-likeness (QED) is 0.641. The number of hydrogen-bond acceptors (Lipinski definition) is 7. The number of anilines is 1. The van der Waals surface area contributed by atoms with Crippen LogP contribution < -0.4 is 5.32 Å². The second-order valence-corrected chi connectivity index (χ2v) is 6.12. The molecule has 9 heteroatoms. The summed E-state index contributed by atoms with van der Waals surface area (Å²) in [6, 6.07) is 1.62. The van der Waals surface area contributed by atoms with E-state index in [2.05, 4.69) is 20.3 Å². The van der Waals surface area contributed by atoms with Crippen molar-refractivity contribution in [1.82, 2.24) is 14.8 Å². The van der Waals surface area contributed by atoms with Gasteiger partial charge in [-0.25, -0.2) is 4.79 Å². The fourth-order valence-electron chi connectivity index (χ4n) is 1.80. The third-order valence-corrected chi connectivity index (χ3v) is 4.67. The van der Waals surface area contributed by atoms with Crippen molar-refractivity contribution in [2.24, 2.45) is 0 Å². The Hall–Kier alpha value is -1.87. The topological polar surface area (TPSA) is 86.1 Å². The first-order valence-electron chi connectivity index (χ1n) is 6.55. The number of esters is 1. The molecule has 7 nitrogen and oxygen atoms in total. The molecule has 2 aromatic heterocycles. The zero-order chi connectivity index (χ0) is 16.1. The summed E-state index contributed by atoms with van der Waals surface area (Å²) in [6.45, 7) is 4.61. The van der Waals surface area contributed by atoms with Gasteiger partial charge in [-0.3, -0.25) is 4.79 Å². The second-order valence-electron chi connectivity index (χ2n) is 4.27. The Bertz CT molecular complexity index is 681. The standard InChI is InChI=1S/C13H16N4O3S2/c1-4-17-8(2)15-16-13(17)22-7-10(18)14-11-9(5-6-21-11)12(19)20-3/h5-6H,4,7H2,1-3H3,(H,14,18). The third-order valence-electron chi connectivity index (χ3n) is 2.87. The first-order chi connectivity index (χ1) is 10.6. The minimum atomic E-state index is -0.467. The van der Waals surface area contributed by atoms with E-state index in [0.29, 0.717) is 15.7 Å². The Balaban J connectivity index is 1.96. The molecule has 2 aromatic rings. The van der Waals surface area contributed by atoms with Crippen LogP contribution in [0.2, 0.25) is 0 Å². The summed E-state index contributed by atoms with van der Waals surface area (Å²) in [5.74, 6) is 0.333. The van der Waals surface area contributed by atoms with E-state index in [1.807, 2.05) is 18.4 Å². The van der Waals surface area contributed by atoms with Gasteiger partial charge in [0.15, 0.2) is 5.16 Å². The van der Waals surface area contributed by atoms with Crippen LogP contribution in [0.25, 0.3) is 0 Å². The SMILES string of the molecule is CCn1c(C)nnc1SCC(=O)Nc1sccc1C(=O)OC. The van der Waals surface area contributed by atoms with Crippen LogP contribution in [0.15, 0.2) is 16.6 Å². The smallest absolute Gasteiger partial charge is 0.340 e. The number of nitrogens with zero attached hydrogens (tertiary/aromatic N) is 3. The molecule has 22 heavy (non-hydrogen) atoms. The predicted octanol–water partition coefficient (Wildman–Crippen LogP) is 2.19. The molecule has 0 saturated heterocycles. The van der Waals surface area contributed by atoms with Gasteiger partial charge in [0.25, 0.3) is 0 Å². The lowest BCUT2D eigenvalue weighted by molar-refractivity contribution is -0.113. The third kappa shape index (κ3) is 3.66. The normalized spacial score (nSPS) is 10.5. The highest BCUT2D eigenvalue weighted by Crippen LogP contribution is 2.24. The molecule has 1 N–H and O–H groups in total. The summed E-state index contributed by atoms with van der Waals surface area (Å²) in [4.78, 5) is 23.6. The molecule has 0 saturated carbocycles. The van der Waals surface area contributed by atoms with Gasteiger partial charge in [0.2, 0.25) is 5.91 Å². The highest BCUT2D eigenvalue weighted by Gasteiger charge is 2.16. The summed E-state index contributed by atoms with van der Waals surface area (Å²) in [6.07, 6.45) is 0. The maximum absolute atomic E-state index is 12.0. The number of nitrogens with one attached hydrogen (secondary N) is 1. The van der Waals surface area contributed by atoms with Crippen molar-refractivity contribution in [1.29, 1.82) is 0 Å². The molecule has 0 aliphatic heterocycles. The first kappa shape index (κ1) is 16.5. The molecule has 0 aromatic carbocycles. The monoisotopic (exact) mass is 340 g/mol. The summed E-state index contributed by atoms with van der Waals surface area (Å²) < 4.78 is 6.60. The second kappa shape index (κ2) is 7.41. The Morgan fingerprint density at radius 1 is 1.45 bits per heavy atom. The lowest BCUT2D eigenvalue weighted by atomic mass is 10.3. The number of thioether (sulfide) groups is 1. The van der Waals surface area contributed by atoms with Gasteiger partial charge < -0.3 is 14.6 Å². The number of carbonyl (C=O) groups is 2. The Morgan fingerprint density at radius 2 is 2.23 bits per heavy atom. The average Bonchev–Trinajstić information content (AvgIpc) is 3.10. The Labute approximate surface area is 136 Å². The van der Waals surface area contributed by atoms with Gasteiger partial charge in [-0.15, -0.1) is 21.5 Å². The fourth-order valence-corrected chi connectivity index (χ4v) is 3.44. The van der Waals surface area contributed by atoms with Crippen LogP contribution in [0, 0.1) is 6.92 Å². The minimum Gasteiger partial charge on any atom is -0.465 e. The molecule has 0 unspecified atom stereocenters. The van der Waals surface area contributed by atoms with Crippen molar-refractivity contribution in [3.05, 3.63) is 22.8 Å². The maximum atomic E-state index is 12.0. The van der Waals surface area contributed by atoms with Gasteiger partial charge in [0, 0.05) is 6.54 Å². The van der Waals surface area contributed by atoms with Crippen LogP contribution >= 0.6 is 23.1 Å². The molecule has 0 radical (unpaired) electrons. The zero-order valence-corrected chi connectivity index (χ0v) is 14.1. The minimum absolute atomic E-state index is 0.191. The van der Waals surface area contributed by atoms with Crippen LogP contribution in [-0.2, 0) is 16.1 Å². The number of hydrogen-bond donors (Lipinski definition) is 1. The van der Waals surface area contributed by atoms with Crippen molar-refractivity contribution in [2.75, 3.05) is 18.2 Å². The molecule has 2 rings (SSSR count). The van der Waals surface area contributed by atoms with E-state index in [1.54, 1.807) is 11.4 Å². The lowest BCUT2D eigenvalue weighted by Crippen LogP contribution is -2.16. The van der Waals surface area contributed by atoms with Gasteiger partial charge in [-0.1, -0.05) is 11.8 Å². The summed E-state index contributed by atoms with van der Waals surface area (Å²) in [5.41, 5.74) is 0.360. The Kier molecular flexibility index (Phi) is 5.56. The molecule has 0 bridgehead atoms. The molecule has 0 atom stereocenters. The molecule has 0 aliphatic rings. The van der Waals surface area contributed by atoms with Crippen LogP contribution in [0.5, 0.6) is 0 Å². The van der Waals surface area contributed by atoms with Crippen LogP contribution in [0.3, 0.4) is 0 Å². The number of thiophene rings is 1. The van der Waals surface area contributed by atoms with E-state index < -0.39 is 5.97 Å². The number of ether oxygens (including phenoxy) is 1. The van der Waals surface area contributed by atoms with Crippen molar-refractivity contribution in [2.45, 2.75) is 25.5 Å². The number of methoxy groups -OCH3 is 1. The van der Waals surface area contributed by atoms with Gasteiger partial charge in [0.05, 0.1) is 18.4 Å². The highest BCUT2D eigenvalue weighted by molar-refractivity contribution is 7.99. The fraction of sp³-hybridized carbons (Fsp3) is 0.385. The van der Waals surface area contributed by atoms with E-state index in [9.17, 15) is 9.59 Å². The van der Waals surface area contributed by atoms with Crippen LogP contribution in [0.4, 0.5) is 5.00 Å². The van der Waals surface area contributed by atoms with Gasteiger partial charge in [0.1, 0.15) is 10.8 Å². The van der Waals surface area contributed by atoms with Gasteiger partial charge in [-0.2, -0.15) is 0 Å². The first-order valence-corrected chi connectivity index (χ1v) is 8.41. The zero-order valence-electron chi connectivity index (χ0n) is 12.5. The van der Waals surface area contributed by atoms with E-state index in [1.165, 1.54) is 30.2 Å². The van der Waals surface area contributed by atoms with Gasteiger partial charge in [-0.05, 0) is 25.3 Å². The van der Waals surface area contributed by atoms with Crippen LogP contribution in [-0.4, -0.2) is 39.5 Å². The van der Waals surface area contributed by atoms with Crippen molar-refractivity contribution < 1.29 is 14.3 Å². The van der Waals surface area contributed by atoms with Crippen molar-refractivity contribution in [3.8, 4) is 0 Å². The Morgan fingerprint density at radius 3 is 2.91 bits per heavy atom. The van der Waals surface area contributed by atoms with Crippen molar-refractivity contribution in [3.63, 3.8) is 0 Å². The number of aryl methyl sites for hydroxylation is 1. The summed E-state index contributed by atoms with van der Waals surface area (Å²) in [5, 5.41) is 13.7. The number of amides is 1. The predicted molar refractivity (Wildman–Crippen MR) is 85.4 cm³/mol. The van der Waals surface area contributed by atoms with Gasteiger partial charge >= 0.3 is 5.97 Å². The van der Waals surface area contributed by atoms with Crippen molar-refractivity contribution >= 4 is 40.0 Å². The molecule has 118 valence electrons. The largest absolute Gasteiger partial charge is 0.465 e. The van der Waals surface area contributed by atoms with E-state index in [0.717, 1.165) is 12.4 Å². The number of carbonyl (C=O) groups excluding carboxylic acids is 2. The molecule has 0 aliphatic carbocycles. The van der Waals surface area contributed by atoms with Crippen LogP contribution in [0.1, 0.15) is 23.1 Å². The lowest BCUT2D eigenvalue weighted by Gasteiger charge is -2.06. The van der Waals surface area contributed by atoms with E-state index >= 15 is 0 Å². The van der Waals surface area contributed by atoms with E-state index in [-0.39, 0.29) is 11.7 Å². The summed E-state index contributed by atoms with van der Waals surface area (Å²) in [7, 11) is 1.31.